The molecule has 0 aliphatic carbocycles. The van der Waals surface area contributed by atoms with Crippen LogP contribution in [0.15, 0.2) is 77.3 Å². The van der Waals surface area contributed by atoms with Crippen molar-refractivity contribution < 1.29 is 4.57 Å². The standard InChI is InChI=1S/C20H17BrNOP/c1-2-22-19-13-12-15(21)14-18(19)17-10-6-7-11-20(17)24(22,23)16-8-4-3-5-9-16/h3-14H,2H2,1H3/t24-/m0/s1. The van der Waals surface area contributed by atoms with E-state index in [1.807, 2.05) is 54.6 Å². The van der Waals surface area contributed by atoms with Crippen LogP contribution in [0, 0.1) is 0 Å². The van der Waals surface area contributed by atoms with Crippen molar-refractivity contribution in [3.05, 3.63) is 77.3 Å². The maximum atomic E-state index is 14.4. The van der Waals surface area contributed by atoms with Gasteiger partial charge in [0.15, 0.2) is 0 Å². The van der Waals surface area contributed by atoms with E-state index in [9.17, 15) is 4.57 Å². The summed E-state index contributed by atoms with van der Waals surface area (Å²) in [6.45, 7) is 2.75. The average molecular weight is 398 g/mol. The number of benzene rings is 3. The summed E-state index contributed by atoms with van der Waals surface area (Å²) in [4.78, 5) is 0. The number of hydrogen-bond acceptors (Lipinski definition) is 1. The fourth-order valence-electron chi connectivity index (χ4n) is 3.47. The predicted molar refractivity (Wildman–Crippen MR) is 106 cm³/mol. The van der Waals surface area contributed by atoms with Crippen LogP contribution in [-0.2, 0) is 4.57 Å². The van der Waals surface area contributed by atoms with Gasteiger partial charge in [0.2, 0.25) is 7.29 Å². The van der Waals surface area contributed by atoms with Crippen LogP contribution >= 0.6 is 23.2 Å². The quantitative estimate of drug-likeness (QED) is 0.554. The summed E-state index contributed by atoms with van der Waals surface area (Å²) >= 11 is 3.57. The third-order valence-electron chi connectivity index (χ3n) is 4.50. The summed E-state index contributed by atoms with van der Waals surface area (Å²) in [6.07, 6.45) is 0. The first kappa shape index (κ1) is 15.7. The highest BCUT2D eigenvalue weighted by atomic mass is 79.9. The minimum absolute atomic E-state index is 0.690. The van der Waals surface area contributed by atoms with Crippen LogP contribution in [0.25, 0.3) is 11.1 Å². The molecule has 0 radical (unpaired) electrons. The molecule has 4 rings (SSSR count). The maximum Gasteiger partial charge on any atom is 0.230 e. The van der Waals surface area contributed by atoms with Gasteiger partial charge in [0.05, 0.1) is 5.69 Å². The van der Waals surface area contributed by atoms with Crippen molar-refractivity contribution in [3.63, 3.8) is 0 Å². The summed E-state index contributed by atoms with van der Waals surface area (Å²) in [5.74, 6) is 0. The Balaban J connectivity index is 2.09. The van der Waals surface area contributed by atoms with Crippen molar-refractivity contribution in [3.8, 4) is 11.1 Å². The zero-order chi connectivity index (χ0) is 16.7. The van der Waals surface area contributed by atoms with Gasteiger partial charge < -0.3 is 4.67 Å². The normalized spacial score (nSPS) is 18.8. The monoisotopic (exact) mass is 397 g/mol. The minimum atomic E-state index is -2.90. The molecule has 0 saturated carbocycles. The van der Waals surface area contributed by atoms with Crippen LogP contribution in [0.3, 0.4) is 0 Å². The second kappa shape index (κ2) is 5.91. The van der Waals surface area contributed by atoms with E-state index in [0.717, 1.165) is 31.9 Å². The lowest BCUT2D eigenvalue weighted by molar-refractivity contribution is 0.584. The molecule has 120 valence electrons. The summed E-state index contributed by atoms with van der Waals surface area (Å²) in [6, 6.07) is 24.1. The van der Waals surface area contributed by atoms with E-state index in [1.165, 1.54) is 0 Å². The molecule has 24 heavy (non-hydrogen) atoms. The number of hydrogen-bond donors (Lipinski definition) is 0. The van der Waals surface area contributed by atoms with E-state index in [-0.39, 0.29) is 0 Å². The molecule has 4 heteroatoms. The highest BCUT2D eigenvalue weighted by Gasteiger charge is 2.40. The molecule has 3 aromatic rings. The molecule has 1 aliphatic heterocycles. The molecule has 0 amide bonds. The highest BCUT2D eigenvalue weighted by Crippen LogP contribution is 2.57. The third-order valence-corrected chi connectivity index (χ3v) is 8.22. The van der Waals surface area contributed by atoms with Crippen molar-refractivity contribution >= 4 is 39.5 Å². The van der Waals surface area contributed by atoms with Crippen LogP contribution in [0.4, 0.5) is 5.69 Å². The molecule has 0 spiro atoms. The van der Waals surface area contributed by atoms with Crippen molar-refractivity contribution in [1.82, 2.24) is 0 Å². The molecule has 1 heterocycles. The van der Waals surface area contributed by atoms with Crippen LogP contribution in [0.5, 0.6) is 0 Å². The molecular weight excluding hydrogens is 381 g/mol. The molecular formula is C20H17BrNOP. The Morgan fingerprint density at radius 2 is 1.62 bits per heavy atom. The Hall–Kier alpha value is -1.83. The lowest BCUT2D eigenvalue weighted by Gasteiger charge is -2.39. The molecule has 0 unspecified atom stereocenters. The van der Waals surface area contributed by atoms with Crippen molar-refractivity contribution in [2.45, 2.75) is 6.92 Å². The second-order valence-corrected chi connectivity index (χ2v) is 9.35. The zero-order valence-electron chi connectivity index (χ0n) is 13.3. The largest absolute Gasteiger partial charge is 0.315 e. The van der Waals surface area contributed by atoms with E-state index in [0.29, 0.717) is 6.54 Å². The fourth-order valence-corrected chi connectivity index (χ4v) is 6.91. The first-order valence-corrected chi connectivity index (χ1v) is 10.4. The van der Waals surface area contributed by atoms with Gasteiger partial charge in [0.25, 0.3) is 0 Å². The van der Waals surface area contributed by atoms with E-state index in [2.05, 4.69) is 45.7 Å². The molecule has 1 aliphatic rings. The Morgan fingerprint density at radius 3 is 2.38 bits per heavy atom. The molecule has 2 nitrogen and oxygen atoms in total. The number of anilines is 1. The smallest absolute Gasteiger partial charge is 0.230 e. The Labute approximate surface area is 150 Å². The topological polar surface area (TPSA) is 20.3 Å². The van der Waals surface area contributed by atoms with Gasteiger partial charge in [-0.3, -0.25) is 4.57 Å². The Morgan fingerprint density at radius 1 is 0.917 bits per heavy atom. The summed E-state index contributed by atoms with van der Waals surface area (Å²) in [7, 11) is -2.90. The van der Waals surface area contributed by atoms with Gasteiger partial charge in [-0.1, -0.05) is 52.3 Å². The van der Waals surface area contributed by atoms with Crippen LogP contribution in [0.2, 0.25) is 0 Å². The lowest BCUT2D eigenvalue weighted by Crippen LogP contribution is -2.36. The average Bonchev–Trinajstić information content (AvgIpc) is 2.63. The van der Waals surface area contributed by atoms with Crippen molar-refractivity contribution in [2.24, 2.45) is 0 Å². The summed E-state index contributed by atoms with van der Waals surface area (Å²) < 4.78 is 17.5. The number of nitrogens with zero attached hydrogens (tertiary/aromatic N) is 1. The number of fused-ring (bicyclic) bond motifs is 3. The van der Waals surface area contributed by atoms with Gasteiger partial charge in [0, 0.05) is 27.2 Å². The zero-order valence-corrected chi connectivity index (χ0v) is 15.8. The van der Waals surface area contributed by atoms with Crippen molar-refractivity contribution in [1.29, 1.82) is 0 Å². The second-order valence-electron chi connectivity index (χ2n) is 5.81. The highest BCUT2D eigenvalue weighted by molar-refractivity contribution is 9.10. The predicted octanol–water partition coefficient (Wildman–Crippen LogP) is 5.18. The fraction of sp³-hybridized carbons (Fsp3) is 0.100. The molecule has 0 bridgehead atoms. The van der Waals surface area contributed by atoms with Gasteiger partial charge in [-0.15, -0.1) is 0 Å². The molecule has 0 saturated heterocycles. The maximum absolute atomic E-state index is 14.4. The van der Waals surface area contributed by atoms with Gasteiger partial charge in [-0.25, -0.2) is 0 Å². The summed E-state index contributed by atoms with van der Waals surface area (Å²) in [5.41, 5.74) is 3.22. The van der Waals surface area contributed by atoms with E-state index < -0.39 is 7.29 Å². The lowest BCUT2D eigenvalue weighted by atomic mass is 10.0. The molecule has 1 atom stereocenters. The molecule has 0 fully saturated rings. The van der Waals surface area contributed by atoms with Crippen LogP contribution in [0.1, 0.15) is 6.92 Å². The summed E-state index contributed by atoms with van der Waals surface area (Å²) in [5, 5.41) is 1.80. The molecule has 0 N–H and O–H groups in total. The first-order chi connectivity index (χ1) is 11.7. The van der Waals surface area contributed by atoms with Crippen LogP contribution < -0.4 is 15.3 Å². The number of rotatable bonds is 2. The first-order valence-electron chi connectivity index (χ1n) is 7.99. The van der Waals surface area contributed by atoms with E-state index in [1.54, 1.807) is 0 Å². The van der Waals surface area contributed by atoms with Crippen molar-refractivity contribution in [2.75, 3.05) is 11.2 Å². The van der Waals surface area contributed by atoms with Crippen LogP contribution in [-0.4, -0.2) is 6.54 Å². The van der Waals surface area contributed by atoms with Gasteiger partial charge in [-0.05, 0) is 48.9 Å². The van der Waals surface area contributed by atoms with Gasteiger partial charge >= 0.3 is 0 Å². The van der Waals surface area contributed by atoms with Gasteiger partial charge in [0.1, 0.15) is 0 Å². The Kier molecular flexibility index (Phi) is 3.86. The van der Waals surface area contributed by atoms with E-state index in [4.69, 9.17) is 0 Å². The minimum Gasteiger partial charge on any atom is -0.315 e. The van der Waals surface area contributed by atoms with E-state index >= 15 is 0 Å². The molecule has 3 aromatic carbocycles. The number of halogens is 1. The SMILES string of the molecule is CCN1c2ccc(Br)cc2-c2ccccc2[P@@]1(=O)c1ccccc1. The van der Waals surface area contributed by atoms with Gasteiger partial charge in [-0.2, -0.15) is 0 Å². The Bertz CT molecular complexity index is 955. The molecule has 0 aromatic heterocycles. The third kappa shape index (κ3) is 2.19.